The smallest absolute Gasteiger partial charge is 0.0991 e. The van der Waals surface area contributed by atoms with Crippen molar-refractivity contribution in [3.05, 3.63) is 120 Å². The van der Waals surface area contributed by atoms with Crippen molar-refractivity contribution in [2.75, 3.05) is 0 Å². The largest absolute Gasteiger partial charge is 0.192 e. The van der Waals surface area contributed by atoms with E-state index in [9.17, 15) is 10.5 Å². The quantitative estimate of drug-likeness (QED) is 0.260. The summed E-state index contributed by atoms with van der Waals surface area (Å²) in [5.41, 5.74) is 5.78. The fraction of sp³-hybridized carbons (Fsp3) is 0. The molecule has 34 heavy (non-hydrogen) atoms. The van der Waals surface area contributed by atoms with Crippen LogP contribution in [0.15, 0.2) is 109 Å². The number of hydrogen-bond donors (Lipinski definition) is 0. The van der Waals surface area contributed by atoms with E-state index >= 15 is 0 Å². The average Bonchev–Trinajstić information content (AvgIpc) is 2.92. The van der Waals surface area contributed by atoms with Crippen LogP contribution in [0.1, 0.15) is 11.1 Å². The first-order chi connectivity index (χ1) is 16.8. The summed E-state index contributed by atoms with van der Waals surface area (Å²) in [7, 11) is 0. The van der Waals surface area contributed by atoms with Gasteiger partial charge in [0.2, 0.25) is 0 Å². The number of rotatable bonds is 2. The minimum Gasteiger partial charge on any atom is -0.192 e. The molecular weight excluding hydrogens is 412 g/mol. The molecule has 0 saturated heterocycles. The van der Waals surface area contributed by atoms with Crippen molar-refractivity contribution in [3.8, 4) is 34.4 Å². The molecule has 0 bridgehead atoms. The Labute approximate surface area is 197 Å². The van der Waals surface area contributed by atoms with Crippen molar-refractivity contribution < 1.29 is 0 Å². The Kier molecular flexibility index (Phi) is 4.58. The highest BCUT2D eigenvalue weighted by atomic mass is 14.2. The first kappa shape index (κ1) is 19.7. The zero-order valence-electron chi connectivity index (χ0n) is 18.3. The van der Waals surface area contributed by atoms with Gasteiger partial charge in [0, 0.05) is 0 Å². The number of nitrogens with zero attached hydrogens (tertiary/aromatic N) is 2. The molecular formula is C32H18N2. The third-order valence-corrected chi connectivity index (χ3v) is 6.51. The molecule has 0 spiro atoms. The third-order valence-electron chi connectivity index (χ3n) is 6.51. The van der Waals surface area contributed by atoms with Crippen molar-refractivity contribution in [3.63, 3.8) is 0 Å². The summed E-state index contributed by atoms with van der Waals surface area (Å²) in [5.74, 6) is 0. The lowest BCUT2D eigenvalue weighted by atomic mass is 9.87. The molecule has 0 aromatic heterocycles. The molecule has 2 nitrogen and oxygen atoms in total. The molecule has 6 rings (SSSR count). The van der Waals surface area contributed by atoms with Gasteiger partial charge in [-0.2, -0.15) is 10.5 Å². The summed E-state index contributed by atoms with van der Waals surface area (Å²) in [4.78, 5) is 0. The Morgan fingerprint density at radius 3 is 1.21 bits per heavy atom. The number of fused-ring (bicyclic) bond motifs is 5. The fourth-order valence-corrected chi connectivity index (χ4v) is 4.91. The second-order valence-electron chi connectivity index (χ2n) is 8.42. The van der Waals surface area contributed by atoms with Crippen molar-refractivity contribution in [2.24, 2.45) is 0 Å². The topological polar surface area (TPSA) is 47.6 Å². The van der Waals surface area contributed by atoms with Crippen LogP contribution in [0.5, 0.6) is 0 Å². The first-order valence-corrected chi connectivity index (χ1v) is 11.1. The van der Waals surface area contributed by atoms with Crippen molar-refractivity contribution in [1.82, 2.24) is 0 Å². The lowest BCUT2D eigenvalue weighted by Gasteiger charge is -2.16. The van der Waals surface area contributed by atoms with E-state index < -0.39 is 0 Å². The standard InChI is InChI=1S/C32H18N2/c33-19-21-9-13-23(14-10-21)30-17-25-18-31(24-15-11-22(20-34)12-16-24)27-6-2-4-8-29(27)32(25)28-7-3-1-5-26(28)30/h1-18H. The Balaban J connectivity index is 1.73. The van der Waals surface area contributed by atoms with E-state index in [1.165, 1.54) is 26.9 Å². The number of hydrogen-bond acceptors (Lipinski definition) is 2. The van der Waals surface area contributed by atoms with Crippen molar-refractivity contribution >= 4 is 32.3 Å². The van der Waals surface area contributed by atoms with Crippen LogP contribution in [-0.4, -0.2) is 0 Å². The molecule has 0 N–H and O–H groups in total. The van der Waals surface area contributed by atoms with Crippen LogP contribution in [0.25, 0.3) is 54.6 Å². The lowest BCUT2D eigenvalue weighted by molar-refractivity contribution is 1.48. The highest BCUT2D eigenvalue weighted by Crippen LogP contribution is 2.41. The van der Waals surface area contributed by atoms with E-state index in [4.69, 9.17) is 0 Å². The van der Waals surface area contributed by atoms with E-state index in [2.05, 4.69) is 72.8 Å². The van der Waals surface area contributed by atoms with Gasteiger partial charge in [0.15, 0.2) is 0 Å². The minimum atomic E-state index is 0.656. The molecule has 156 valence electrons. The van der Waals surface area contributed by atoms with Gasteiger partial charge in [-0.25, -0.2) is 0 Å². The predicted molar refractivity (Wildman–Crippen MR) is 139 cm³/mol. The van der Waals surface area contributed by atoms with Crippen LogP contribution in [0.4, 0.5) is 0 Å². The molecule has 0 amide bonds. The van der Waals surface area contributed by atoms with Crippen molar-refractivity contribution in [1.29, 1.82) is 10.5 Å². The van der Waals surface area contributed by atoms with Crippen LogP contribution in [0.2, 0.25) is 0 Å². The molecule has 6 aromatic carbocycles. The zero-order valence-corrected chi connectivity index (χ0v) is 18.3. The molecule has 0 aliphatic carbocycles. The van der Waals surface area contributed by atoms with Crippen LogP contribution in [-0.2, 0) is 0 Å². The maximum absolute atomic E-state index is 9.22. The first-order valence-electron chi connectivity index (χ1n) is 11.1. The Morgan fingerprint density at radius 2 is 0.824 bits per heavy atom. The van der Waals surface area contributed by atoms with Crippen LogP contribution in [0, 0.1) is 22.7 Å². The normalized spacial score (nSPS) is 10.9. The second-order valence-corrected chi connectivity index (χ2v) is 8.42. The molecule has 0 aliphatic heterocycles. The van der Waals surface area contributed by atoms with Gasteiger partial charge in [0.1, 0.15) is 0 Å². The third kappa shape index (κ3) is 3.10. The van der Waals surface area contributed by atoms with Crippen LogP contribution >= 0.6 is 0 Å². The van der Waals surface area contributed by atoms with Gasteiger partial charge in [-0.1, -0.05) is 72.8 Å². The Bertz CT molecular complexity index is 1660. The van der Waals surface area contributed by atoms with Gasteiger partial charge < -0.3 is 0 Å². The molecule has 0 unspecified atom stereocenters. The van der Waals surface area contributed by atoms with E-state index in [0.717, 1.165) is 27.6 Å². The summed E-state index contributed by atoms with van der Waals surface area (Å²) in [6.45, 7) is 0. The Morgan fingerprint density at radius 1 is 0.441 bits per heavy atom. The van der Waals surface area contributed by atoms with Gasteiger partial charge in [0.25, 0.3) is 0 Å². The average molecular weight is 431 g/mol. The van der Waals surface area contributed by atoms with Gasteiger partial charge in [0.05, 0.1) is 23.3 Å². The molecule has 0 heterocycles. The molecule has 0 saturated carbocycles. The minimum absolute atomic E-state index is 0.656. The van der Waals surface area contributed by atoms with Gasteiger partial charge in [-0.15, -0.1) is 0 Å². The monoisotopic (exact) mass is 430 g/mol. The summed E-state index contributed by atoms with van der Waals surface area (Å²) in [5, 5.41) is 25.6. The molecule has 0 radical (unpaired) electrons. The van der Waals surface area contributed by atoms with Gasteiger partial charge in [-0.3, -0.25) is 0 Å². The van der Waals surface area contributed by atoms with E-state index in [1.54, 1.807) is 0 Å². The van der Waals surface area contributed by atoms with E-state index in [0.29, 0.717) is 11.1 Å². The summed E-state index contributed by atoms with van der Waals surface area (Å²) >= 11 is 0. The Hall–Kier alpha value is -4.92. The highest BCUT2D eigenvalue weighted by Gasteiger charge is 2.14. The van der Waals surface area contributed by atoms with Crippen LogP contribution < -0.4 is 0 Å². The van der Waals surface area contributed by atoms with Gasteiger partial charge in [-0.05, 0) is 91.0 Å². The maximum Gasteiger partial charge on any atom is 0.0991 e. The molecule has 0 fully saturated rings. The molecule has 2 heteroatoms. The lowest BCUT2D eigenvalue weighted by Crippen LogP contribution is -1.89. The summed E-state index contributed by atoms with van der Waals surface area (Å²) in [6, 6.07) is 41.6. The maximum atomic E-state index is 9.22. The fourth-order valence-electron chi connectivity index (χ4n) is 4.91. The SMILES string of the molecule is N#Cc1ccc(-c2cc3cc(-c4ccc(C#N)cc4)c4ccccc4c3c3ccccc23)cc1. The number of nitriles is 2. The zero-order chi connectivity index (χ0) is 23.1. The summed E-state index contributed by atoms with van der Waals surface area (Å²) in [6.07, 6.45) is 0. The van der Waals surface area contributed by atoms with Crippen molar-refractivity contribution in [2.45, 2.75) is 0 Å². The molecule has 6 aromatic rings. The number of benzene rings is 6. The van der Waals surface area contributed by atoms with E-state index in [1.807, 2.05) is 48.5 Å². The second kappa shape index (κ2) is 7.89. The van der Waals surface area contributed by atoms with E-state index in [-0.39, 0.29) is 0 Å². The van der Waals surface area contributed by atoms with Crippen LogP contribution in [0.3, 0.4) is 0 Å². The molecule has 0 aliphatic rings. The molecule has 0 atom stereocenters. The summed E-state index contributed by atoms with van der Waals surface area (Å²) < 4.78 is 0. The highest BCUT2D eigenvalue weighted by molar-refractivity contribution is 6.25. The van der Waals surface area contributed by atoms with Gasteiger partial charge >= 0.3 is 0 Å². The predicted octanol–water partition coefficient (Wildman–Crippen LogP) is 8.22.